The highest BCUT2D eigenvalue weighted by Crippen LogP contribution is 2.25. The van der Waals surface area contributed by atoms with E-state index in [-0.39, 0.29) is 16.9 Å². The van der Waals surface area contributed by atoms with Crippen molar-refractivity contribution in [3.05, 3.63) is 53.1 Å². The Kier molecular flexibility index (Phi) is 6.94. The molecule has 0 bridgehead atoms. The van der Waals surface area contributed by atoms with Gasteiger partial charge in [0.15, 0.2) is 5.11 Å². The standard InChI is InChI=1S/C18H18ClN3O3S/c1-3-16(23)20-12-7-8-14(19)15(10-12)21-18(26)22-17(24)11-5-4-6-13(9-11)25-2/h4-10H,3H2,1-2H3,(H,20,23)(H2,21,22,24,26). The first kappa shape index (κ1) is 19.7. The Morgan fingerprint density at radius 3 is 2.62 bits per heavy atom. The van der Waals surface area contributed by atoms with Crippen LogP contribution >= 0.6 is 23.8 Å². The zero-order valence-electron chi connectivity index (χ0n) is 14.3. The van der Waals surface area contributed by atoms with Crippen molar-refractivity contribution in [3.63, 3.8) is 0 Å². The molecule has 0 aliphatic carbocycles. The minimum Gasteiger partial charge on any atom is -0.497 e. The first-order chi connectivity index (χ1) is 12.4. The number of thiocarbonyl (C=S) groups is 1. The number of amides is 2. The van der Waals surface area contributed by atoms with Crippen molar-refractivity contribution in [3.8, 4) is 5.75 Å². The summed E-state index contributed by atoms with van der Waals surface area (Å²) < 4.78 is 5.10. The summed E-state index contributed by atoms with van der Waals surface area (Å²) in [5, 5.41) is 8.64. The van der Waals surface area contributed by atoms with Gasteiger partial charge in [-0.25, -0.2) is 0 Å². The van der Waals surface area contributed by atoms with Crippen molar-refractivity contribution < 1.29 is 14.3 Å². The molecule has 2 aromatic rings. The average molecular weight is 392 g/mol. The molecule has 0 aliphatic heterocycles. The fourth-order valence-electron chi connectivity index (χ4n) is 2.04. The highest BCUT2D eigenvalue weighted by molar-refractivity contribution is 7.80. The number of anilines is 2. The monoisotopic (exact) mass is 391 g/mol. The molecule has 0 atom stereocenters. The lowest BCUT2D eigenvalue weighted by Crippen LogP contribution is -2.34. The van der Waals surface area contributed by atoms with Crippen LogP contribution in [0, 0.1) is 0 Å². The molecule has 136 valence electrons. The van der Waals surface area contributed by atoms with Crippen LogP contribution in [-0.2, 0) is 4.79 Å². The molecule has 0 unspecified atom stereocenters. The molecular weight excluding hydrogens is 374 g/mol. The lowest BCUT2D eigenvalue weighted by molar-refractivity contribution is -0.115. The van der Waals surface area contributed by atoms with E-state index in [2.05, 4.69) is 16.0 Å². The molecule has 2 amide bonds. The van der Waals surface area contributed by atoms with Crippen LogP contribution in [-0.4, -0.2) is 24.0 Å². The third kappa shape index (κ3) is 5.44. The van der Waals surface area contributed by atoms with Gasteiger partial charge < -0.3 is 15.4 Å². The maximum absolute atomic E-state index is 12.3. The Hall–Kier alpha value is -2.64. The van der Waals surface area contributed by atoms with Crippen molar-refractivity contribution >= 4 is 52.1 Å². The van der Waals surface area contributed by atoms with Gasteiger partial charge in [0.05, 0.1) is 17.8 Å². The predicted molar refractivity (Wildman–Crippen MR) is 107 cm³/mol. The molecule has 0 radical (unpaired) electrons. The summed E-state index contributed by atoms with van der Waals surface area (Å²) in [5.41, 5.74) is 1.45. The van der Waals surface area contributed by atoms with Crippen LogP contribution in [0.15, 0.2) is 42.5 Å². The van der Waals surface area contributed by atoms with Crippen molar-refractivity contribution in [2.24, 2.45) is 0 Å². The molecule has 3 N–H and O–H groups in total. The molecular formula is C18H18ClN3O3S. The smallest absolute Gasteiger partial charge is 0.257 e. The highest BCUT2D eigenvalue weighted by Gasteiger charge is 2.11. The summed E-state index contributed by atoms with van der Waals surface area (Å²) in [6.07, 6.45) is 0.362. The van der Waals surface area contributed by atoms with Crippen molar-refractivity contribution in [2.45, 2.75) is 13.3 Å². The van der Waals surface area contributed by atoms with E-state index >= 15 is 0 Å². The summed E-state index contributed by atoms with van der Waals surface area (Å²) in [4.78, 5) is 23.8. The van der Waals surface area contributed by atoms with Crippen molar-refractivity contribution in [1.29, 1.82) is 0 Å². The number of nitrogens with one attached hydrogen (secondary N) is 3. The normalized spacial score (nSPS) is 9.96. The van der Waals surface area contributed by atoms with E-state index in [0.717, 1.165) is 0 Å². The van der Waals surface area contributed by atoms with Gasteiger partial charge in [-0.15, -0.1) is 0 Å². The van der Waals surface area contributed by atoms with Crippen molar-refractivity contribution in [2.75, 3.05) is 17.7 Å². The van der Waals surface area contributed by atoms with E-state index in [9.17, 15) is 9.59 Å². The number of halogens is 1. The van der Waals surface area contributed by atoms with E-state index in [1.807, 2.05) is 0 Å². The molecule has 0 saturated carbocycles. The second kappa shape index (κ2) is 9.17. The molecule has 0 aliphatic rings. The van der Waals surface area contributed by atoms with E-state index in [0.29, 0.717) is 34.1 Å². The van der Waals surface area contributed by atoms with E-state index < -0.39 is 0 Å². The summed E-state index contributed by atoms with van der Waals surface area (Å²) in [5.74, 6) is 0.0686. The molecule has 6 nitrogen and oxygen atoms in total. The van der Waals surface area contributed by atoms with Crippen LogP contribution in [0.5, 0.6) is 5.75 Å². The summed E-state index contributed by atoms with van der Waals surface area (Å²) >= 11 is 11.3. The van der Waals surface area contributed by atoms with Crippen molar-refractivity contribution in [1.82, 2.24) is 5.32 Å². The van der Waals surface area contributed by atoms with Crippen LogP contribution in [0.4, 0.5) is 11.4 Å². The highest BCUT2D eigenvalue weighted by atomic mass is 35.5. The van der Waals surface area contributed by atoms with Crippen LogP contribution < -0.4 is 20.7 Å². The third-order valence-corrected chi connectivity index (χ3v) is 3.91. The maximum atomic E-state index is 12.3. The number of ether oxygens (including phenoxy) is 1. The summed E-state index contributed by atoms with van der Waals surface area (Å²) in [6.45, 7) is 1.76. The molecule has 26 heavy (non-hydrogen) atoms. The van der Waals surface area contributed by atoms with E-state index in [1.165, 1.54) is 7.11 Å². The Labute approximate surface area is 161 Å². The van der Waals surface area contributed by atoms with Crippen LogP contribution in [0.25, 0.3) is 0 Å². The molecule has 0 saturated heterocycles. The second-order valence-corrected chi connectivity index (χ2v) is 6.05. The zero-order chi connectivity index (χ0) is 19.1. The summed E-state index contributed by atoms with van der Waals surface area (Å²) in [6, 6.07) is 11.6. The van der Waals surface area contributed by atoms with Gasteiger partial charge in [0.1, 0.15) is 5.75 Å². The van der Waals surface area contributed by atoms with Gasteiger partial charge in [0.2, 0.25) is 5.91 Å². The van der Waals surface area contributed by atoms with Gasteiger partial charge in [0, 0.05) is 17.7 Å². The molecule has 0 fully saturated rings. The first-order valence-corrected chi connectivity index (χ1v) is 8.57. The Balaban J connectivity index is 2.05. The van der Waals surface area contributed by atoms with Crippen LogP contribution in [0.3, 0.4) is 0 Å². The zero-order valence-corrected chi connectivity index (χ0v) is 15.8. The minimum atomic E-state index is -0.382. The number of rotatable bonds is 5. The Bertz CT molecular complexity index is 842. The Morgan fingerprint density at radius 2 is 1.92 bits per heavy atom. The molecule has 2 aromatic carbocycles. The molecule has 8 heteroatoms. The second-order valence-electron chi connectivity index (χ2n) is 5.24. The lowest BCUT2D eigenvalue weighted by atomic mass is 10.2. The molecule has 2 rings (SSSR count). The van der Waals surface area contributed by atoms with Crippen LogP contribution in [0.1, 0.15) is 23.7 Å². The fourth-order valence-corrected chi connectivity index (χ4v) is 2.41. The SMILES string of the molecule is CCC(=O)Nc1ccc(Cl)c(NC(=S)NC(=O)c2cccc(OC)c2)c1. The number of hydrogen-bond donors (Lipinski definition) is 3. The van der Waals surface area contributed by atoms with Gasteiger partial charge in [0.25, 0.3) is 5.91 Å². The van der Waals surface area contributed by atoms with Crippen LogP contribution in [0.2, 0.25) is 5.02 Å². The molecule has 0 aromatic heterocycles. The van der Waals surface area contributed by atoms with Gasteiger partial charge >= 0.3 is 0 Å². The predicted octanol–water partition coefficient (Wildman–Crippen LogP) is 3.82. The molecule has 0 spiro atoms. The number of hydrogen-bond acceptors (Lipinski definition) is 4. The quantitative estimate of drug-likeness (QED) is 0.675. The fraction of sp³-hybridized carbons (Fsp3) is 0.167. The topological polar surface area (TPSA) is 79.5 Å². The third-order valence-electron chi connectivity index (χ3n) is 3.38. The average Bonchev–Trinajstić information content (AvgIpc) is 2.64. The number of methoxy groups -OCH3 is 1. The van der Waals surface area contributed by atoms with Gasteiger partial charge in [-0.2, -0.15) is 0 Å². The number of carbonyl (C=O) groups is 2. The first-order valence-electron chi connectivity index (χ1n) is 7.78. The van der Waals surface area contributed by atoms with Gasteiger partial charge in [-0.05, 0) is 48.6 Å². The Morgan fingerprint density at radius 1 is 1.15 bits per heavy atom. The lowest BCUT2D eigenvalue weighted by Gasteiger charge is -2.13. The van der Waals surface area contributed by atoms with Gasteiger partial charge in [-0.1, -0.05) is 24.6 Å². The number of benzene rings is 2. The maximum Gasteiger partial charge on any atom is 0.257 e. The molecule has 0 heterocycles. The number of carbonyl (C=O) groups excluding carboxylic acids is 2. The van der Waals surface area contributed by atoms with Gasteiger partial charge in [-0.3, -0.25) is 14.9 Å². The summed E-state index contributed by atoms with van der Waals surface area (Å²) in [7, 11) is 1.52. The largest absolute Gasteiger partial charge is 0.497 e. The minimum absolute atomic E-state index is 0.0821. The van der Waals surface area contributed by atoms with E-state index in [4.69, 9.17) is 28.6 Å². The van der Waals surface area contributed by atoms with E-state index in [1.54, 1.807) is 49.4 Å².